The predicted molar refractivity (Wildman–Crippen MR) is 82.3 cm³/mol. The van der Waals surface area contributed by atoms with Crippen LogP contribution >= 0.6 is 0 Å². The molecule has 2 atom stereocenters. The van der Waals surface area contributed by atoms with Crippen LogP contribution in [0.15, 0.2) is 35.1 Å². The maximum absolute atomic E-state index is 12.3. The van der Waals surface area contributed by atoms with E-state index in [1.807, 2.05) is 18.2 Å². The predicted octanol–water partition coefficient (Wildman–Crippen LogP) is 3.44. The van der Waals surface area contributed by atoms with Gasteiger partial charge in [0.15, 0.2) is 0 Å². The first-order chi connectivity index (χ1) is 10.1. The second kappa shape index (κ2) is 5.72. The van der Waals surface area contributed by atoms with Crippen LogP contribution in [0.1, 0.15) is 44.3 Å². The fourth-order valence-corrected chi connectivity index (χ4v) is 3.22. The maximum Gasteiger partial charge on any atom is 0.262 e. The molecule has 110 valence electrons. The first-order valence-electron chi connectivity index (χ1n) is 7.53. The van der Waals surface area contributed by atoms with Gasteiger partial charge in [0.1, 0.15) is 11.4 Å². The number of aromatic nitrogens is 2. The Hall–Kier alpha value is -2.10. The molecule has 4 heteroatoms. The van der Waals surface area contributed by atoms with Crippen molar-refractivity contribution in [1.82, 2.24) is 9.97 Å². The van der Waals surface area contributed by atoms with Gasteiger partial charge in [-0.15, -0.1) is 0 Å². The Kier molecular flexibility index (Phi) is 3.78. The topological polar surface area (TPSA) is 66.0 Å². The summed E-state index contributed by atoms with van der Waals surface area (Å²) >= 11 is 0. The van der Waals surface area contributed by atoms with Crippen LogP contribution in [0.2, 0.25) is 0 Å². The summed E-state index contributed by atoms with van der Waals surface area (Å²) in [4.78, 5) is 19.5. The van der Waals surface area contributed by atoms with E-state index in [0.29, 0.717) is 17.3 Å². The summed E-state index contributed by atoms with van der Waals surface area (Å²) in [6.45, 7) is 2.22. The van der Waals surface area contributed by atoms with Crippen LogP contribution in [0.5, 0.6) is 5.88 Å². The van der Waals surface area contributed by atoms with E-state index in [-0.39, 0.29) is 22.9 Å². The summed E-state index contributed by atoms with van der Waals surface area (Å²) in [6.07, 6.45) is 4.43. The van der Waals surface area contributed by atoms with Crippen molar-refractivity contribution in [2.75, 3.05) is 0 Å². The Morgan fingerprint density at radius 2 is 2.00 bits per heavy atom. The number of rotatable bonds is 2. The summed E-state index contributed by atoms with van der Waals surface area (Å²) < 4.78 is 0. The minimum atomic E-state index is -0.262. The molecule has 0 amide bonds. The van der Waals surface area contributed by atoms with Crippen LogP contribution in [-0.4, -0.2) is 15.1 Å². The summed E-state index contributed by atoms with van der Waals surface area (Å²) in [5, 5.41) is 10.2. The molecule has 1 fully saturated rings. The van der Waals surface area contributed by atoms with Crippen molar-refractivity contribution in [3.63, 3.8) is 0 Å². The summed E-state index contributed by atoms with van der Waals surface area (Å²) in [5.41, 5.74) is 0.678. The molecule has 3 rings (SSSR count). The van der Waals surface area contributed by atoms with E-state index >= 15 is 0 Å². The van der Waals surface area contributed by atoms with Gasteiger partial charge in [-0.05, 0) is 24.3 Å². The lowest BCUT2D eigenvalue weighted by molar-refractivity contribution is 0.331. The zero-order valence-electron chi connectivity index (χ0n) is 12.2. The normalized spacial score (nSPS) is 22.1. The molecular formula is C17H20N2O2. The molecule has 21 heavy (non-hydrogen) atoms. The van der Waals surface area contributed by atoms with Gasteiger partial charge < -0.3 is 10.1 Å². The second-order valence-electron chi connectivity index (χ2n) is 5.98. The minimum Gasteiger partial charge on any atom is -0.493 e. The van der Waals surface area contributed by atoms with Crippen LogP contribution in [0.4, 0.5) is 0 Å². The average molecular weight is 284 g/mol. The van der Waals surface area contributed by atoms with Gasteiger partial charge in [-0.25, -0.2) is 0 Å². The zero-order chi connectivity index (χ0) is 14.8. The van der Waals surface area contributed by atoms with Crippen molar-refractivity contribution >= 4 is 0 Å². The molecule has 1 aromatic heterocycles. The van der Waals surface area contributed by atoms with E-state index in [2.05, 4.69) is 16.9 Å². The third-order valence-electron chi connectivity index (χ3n) is 4.30. The molecule has 0 aliphatic heterocycles. The number of hydrogen-bond acceptors (Lipinski definition) is 3. The van der Waals surface area contributed by atoms with Crippen molar-refractivity contribution < 1.29 is 5.11 Å². The SMILES string of the molecule is CC1CCCC(c2nc(O)c(-c3ccccc3)c(=O)[nH]2)C1. The van der Waals surface area contributed by atoms with Gasteiger partial charge in [0.05, 0.1) is 0 Å². The second-order valence-corrected chi connectivity index (χ2v) is 5.98. The third kappa shape index (κ3) is 2.84. The lowest BCUT2D eigenvalue weighted by Gasteiger charge is -2.25. The molecule has 1 aliphatic rings. The Bertz CT molecular complexity index is 679. The summed E-state index contributed by atoms with van der Waals surface area (Å²) in [7, 11) is 0. The number of hydrogen-bond donors (Lipinski definition) is 2. The van der Waals surface area contributed by atoms with Crippen molar-refractivity contribution in [2.24, 2.45) is 5.92 Å². The van der Waals surface area contributed by atoms with Crippen LogP contribution < -0.4 is 5.56 Å². The number of aromatic hydroxyl groups is 1. The number of aromatic amines is 1. The number of nitrogens with zero attached hydrogens (tertiary/aromatic N) is 1. The first kappa shape index (κ1) is 13.9. The van der Waals surface area contributed by atoms with Crippen molar-refractivity contribution in [3.8, 4) is 17.0 Å². The zero-order valence-corrected chi connectivity index (χ0v) is 12.2. The molecule has 2 unspecified atom stereocenters. The number of H-pyrrole nitrogens is 1. The molecule has 2 N–H and O–H groups in total. The molecule has 1 saturated carbocycles. The van der Waals surface area contributed by atoms with Crippen molar-refractivity contribution in [2.45, 2.75) is 38.5 Å². The Labute approximate surface area is 123 Å². The number of nitrogens with one attached hydrogen (secondary N) is 1. The highest BCUT2D eigenvalue weighted by Gasteiger charge is 2.24. The summed E-state index contributed by atoms with van der Waals surface area (Å²) in [6, 6.07) is 9.15. The number of benzene rings is 1. The third-order valence-corrected chi connectivity index (χ3v) is 4.30. The van der Waals surface area contributed by atoms with E-state index in [4.69, 9.17) is 0 Å². The Morgan fingerprint density at radius 3 is 2.67 bits per heavy atom. The van der Waals surface area contributed by atoms with E-state index < -0.39 is 0 Å². The molecule has 4 nitrogen and oxygen atoms in total. The monoisotopic (exact) mass is 284 g/mol. The maximum atomic E-state index is 12.3. The van der Waals surface area contributed by atoms with Gasteiger partial charge in [-0.3, -0.25) is 4.79 Å². The highest BCUT2D eigenvalue weighted by molar-refractivity contribution is 5.66. The Balaban J connectivity index is 1.99. The quantitative estimate of drug-likeness (QED) is 0.887. The van der Waals surface area contributed by atoms with Crippen LogP contribution in [0.25, 0.3) is 11.1 Å². The van der Waals surface area contributed by atoms with E-state index in [1.54, 1.807) is 12.1 Å². The van der Waals surface area contributed by atoms with Crippen LogP contribution in [-0.2, 0) is 0 Å². The Morgan fingerprint density at radius 1 is 1.24 bits per heavy atom. The highest BCUT2D eigenvalue weighted by atomic mass is 16.3. The van der Waals surface area contributed by atoms with Gasteiger partial charge in [0, 0.05) is 5.92 Å². The van der Waals surface area contributed by atoms with Crippen molar-refractivity contribution in [1.29, 1.82) is 0 Å². The lowest BCUT2D eigenvalue weighted by Crippen LogP contribution is -2.20. The fourth-order valence-electron chi connectivity index (χ4n) is 3.22. The molecule has 0 radical (unpaired) electrons. The van der Waals surface area contributed by atoms with Gasteiger partial charge >= 0.3 is 0 Å². The van der Waals surface area contributed by atoms with Gasteiger partial charge in [0.2, 0.25) is 5.88 Å². The molecule has 2 aromatic rings. The average Bonchev–Trinajstić information content (AvgIpc) is 2.47. The highest BCUT2D eigenvalue weighted by Crippen LogP contribution is 2.35. The van der Waals surface area contributed by atoms with Gasteiger partial charge in [-0.2, -0.15) is 4.98 Å². The standard InChI is InChI=1S/C17H20N2O2/c1-11-6-5-9-13(10-11)15-18-16(20)14(17(21)19-15)12-7-3-2-4-8-12/h2-4,7-8,11,13H,5-6,9-10H2,1H3,(H2,18,19,20,21). The minimum absolute atomic E-state index is 0.168. The van der Waals surface area contributed by atoms with Crippen molar-refractivity contribution in [3.05, 3.63) is 46.5 Å². The largest absolute Gasteiger partial charge is 0.493 e. The molecule has 1 heterocycles. The van der Waals surface area contributed by atoms with Gasteiger partial charge in [0.25, 0.3) is 5.56 Å². The molecule has 1 aromatic carbocycles. The van der Waals surface area contributed by atoms with Crippen LogP contribution in [0, 0.1) is 5.92 Å². The first-order valence-corrected chi connectivity index (χ1v) is 7.53. The summed E-state index contributed by atoms with van der Waals surface area (Å²) in [5.74, 6) is 1.35. The molecule has 0 saturated heterocycles. The molecular weight excluding hydrogens is 264 g/mol. The van der Waals surface area contributed by atoms with Gasteiger partial charge in [-0.1, -0.05) is 50.1 Å². The molecule has 1 aliphatic carbocycles. The van der Waals surface area contributed by atoms with Crippen LogP contribution in [0.3, 0.4) is 0 Å². The van der Waals surface area contributed by atoms with E-state index in [0.717, 1.165) is 19.3 Å². The lowest BCUT2D eigenvalue weighted by atomic mass is 9.82. The molecule has 0 bridgehead atoms. The smallest absolute Gasteiger partial charge is 0.262 e. The molecule has 0 spiro atoms. The van der Waals surface area contributed by atoms with E-state index in [1.165, 1.54) is 6.42 Å². The van der Waals surface area contributed by atoms with E-state index in [9.17, 15) is 9.90 Å². The fraction of sp³-hybridized carbons (Fsp3) is 0.412.